The number of amides is 1. The number of hydrogen-bond donors (Lipinski definition) is 4. The quantitative estimate of drug-likeness (QED) is 0.129. The number of carboxylic acid groups (broad SMARTS) is 1. The highest BCUT2D eigenvalue weighted by molar-refractivity contribution is 7.89. The van der Waals surface area contributed by atoms with E-state index in [-0.39, 0.29) is 23.5 Å². The number of aliphatic carboxylic acids is 1. The Hall–Kier alpha value is -5.09. The highest BCUT2D eigenvalue weighted by atomic mass is 32.2. The lowest BCUT2D eigenvalue weighted by Gasteiger charge is -2.27. The predicted molar refractivity (Wildman–Crippen MR) is 190 cm³/mol. The molecule has 0 aliphatic carbocycles. The van der Waals surface area contributed by atoms with E-state index >= 15 is 0 Å². The maximum absolute atomic E-state index is 14.0. The molecule has 52 heavy (non-hydrogen) atoms. The molecule has 280 valence electrons. The number of sulfonamides is 1. The Morgan fingerprint density at radius 3 is 2.35 bits per heavy atom. The zero-order valence-electron chi connectivity index (χ0n) is 28.9. The monoisotopic (exact) mass is 745 g/mol. The third-order valence-electron chi connectivity index (χ3n) is 7.93. The first-order valence-electron chi connectivity index (χ1n) is 16.6. The molecular weight excluding hydrogens is 703 g/mol. The van der Waals surface area contributed by atoms with Gasteiger partial charge in [0, 0.05) is 36.9 Å². The van der Waals surface area contributed by atoms with Crippen molar-refractivity contribution in [1.82, 2.24) is 14.6 Å². The van der Waals surface area contributed by atoms with Crippen LogP contribution in [0.5, 0.6) is 11.5 Å². The smallest absolute Gasteiger partial charge is 0.490 e. The van der Waals surface area contributed by atoms with Gasteiger partial charge in [0.15, 0.2) is 11.5 Å². The molecule has 2 heterocycles. The van der Waals surface area contributed by atoms with Gasteiger partial charge in [0.25, 0.3) is 0 Å². The number of carboxylic acids is 1. The average molecular weight is 746 g/mol. The number of carbonyl (C=O) groups excluding carboxylic acids is 1. The standard InChI is InChI=1S/C34H41N5O5S.C2HF3O2/c1-4-43-30-21-25(12-15-29(30)44-23(2)3)32(38-27-13-14-28-24(20-27)16-17-36-33(28)35)34(40)37-22-26-10-6-7-11-31(26)45(41,42)39-18-8-5-9-19-39;3-2(4,5)1(6)7/h6-7,10-17,20-21,23,32,38H,4-5,8-9,18-19,22H2,1-3H3,(H2,35,36)(H,37,40);(H,6,7)/t32-;/m1./s1. The van der Waals surface area contributed by atoms with Gasteiger partial charge in [-0.2, -0.15) is 17.5 Å². The van der Waals surface area contributed by atoms with E-state index in [0.717, 1.165) is 30.0 Å². The second-order valence-electron chi connectivity index (χ2n) is 12.1. The van der Waals surface area contributed by atoms with Crippen LogP contribution in [0, 0.1) is 0 Å². The SMILES string of the molecule is CCOc1cc([C@@H](Nc2ccc3c(N)nccc3c2)C(=O)NCc2ccccc2S(=O)(=O)N2CCCCC2)ccc1OC(C)C.O=C(O)C(F)(F)F. The van der Waals surface area contributed by atoms with Gasteiger partial charge in [-0.1, -0.05) is 30.7 Å². The maximum atomic E-state index is 14.0. The molecule has 1 aliphatic rings. The van der Waals surface area contributed by atoms with E-state index in [9.17, 15) is 26.4 Å². The van der Waals surface area contributed by atoms with E-state index in [1.54, 1.807) is 46.9 Å². The van der Waals surface area contributed by atoms with E-state index in [1.807, 2.05) is 51.1 Å². The number of nitrogen functional groups attached to an aromatic ring is 1. The summed E-state index contributed by atoms with van der Waals surface area (Å²) in [5.74, 6) is -1.56. The molecule has 0 unspecified atom stereocenters. The minimum atomic E-state index is -5.08. The molecule has 4 aromatic rings. The average Bonchev–Trinajstić information content (AvgIpc) is 3.10. The lowest BCUT2D eigenvalue weighted by Crippen LogP contribution is -2.37. The van der Waals surface area contributed by atoms with Crippen molar-refractivity contribution in [3.63, 3.8) is 0 Å². The molecule has 1 amide bonds. The first-order chi connectivity index (χ1) is 24.6. The molecule has 0 radical (unpaired) electrons. The molecule has 5 N–H and O–H groups in total. The first-order valence-corrected chi connectivity index (χ1v) is 18.1. The number of nitrogens with two attached hydrogens (primary N) is 1. The van der Waals surface area contributed by atoms with Crippen LogP contribution in [0.2, 0.25) is 0 Å². The molecule has 5 rings (SSSR count). The fourth-order valence-electron chi connectivity index (χ4n) is 5.51. The summed E-state index contributed by atoms with van der Waals surface area (Å²) in [6, 6.07) is 18.9. The summed E-state index contributed by atoms with van der Waals surface area (Å²) in [5, 5.41) is 15.2. The molecule has 12 nitrogen and oxygen atoms in total. The zero-order valence-corrected chi connectivity index (χ0v) is 29.8. The Morgan fingerprint density at radius 1 is 1.00 bits per heavy atom. The minimum absolute atomic E-state index is 0.0348. The van der Waals surface area contributed by atoms with Crippen LogP contribution in [-0.4, -0.2) is 66.7 Å². The number of pyridine rings is 1. The van der Waals surface area contributed by atoms with Crippen LogP contribution in [-0.2, 0) is 26.2 Å². The molecule has 1 aromatic heterocycles. The van der Waals surface area contributed by atoms with Gasteiger partial charge in [-0.3, -0.25) is 4.79 Å². The molecule has 1 atom stereocenters. The highest BCUT2D eigenvalue weighted by Crippen LogP contribution is 2.34. The fourth-order valence-corrected chi connectivity index (χ4v) is 7.25. The number of benzene rings is 3. The van der Waals surface area contributed by atoms with Crippen LogP contribution in [0.25, 0.3) is 10.8 Å². The van der Waals surface area contributed by atoms with Crippen LogP contribution < -0.4 is 25.8 Å². The van der Waals surface area contributed by atoms with Gasteiger partial charge in [0.2, 0.25) is 15.9 Å². The van der Waals surface area contributed by atoms with Crippen molar-refractivity contribution >= 4 is 44.2 Å². The Bertz CT molecular complexity index is 1970. The Balaban J connectivity index is 0.000000785. The number of halogens is 3. The number of fused-ring (bicyclic) bond motifs is 1. The number of nitrogens with one attached hydrogen (secondary N) is 2. The minimum Gasteiger partial charge on any atom is -0.490 e. The first kappa shape index (κ1) is 39.7. The molecule has 0 saturated carbocycles. The second-order valence-corrected chi connectivity index (χ2v) is 14.0. The summed E-state index contributed by atoms with van der Waals surface area (Å²) >= 11 is 0. The van der Waals surface area contributed by atoms with Crippen molar-refractivity contribution in [1.29, 1.82) is 0 Å². The number of carbonyl (C=O) groups is 2. The topological polar surface area (TPSA) is 173 Å². The third kappa shape index (κ3) is 10.3. The maximum Gasteiger partial charge on any atom is 0.490 e. The molecule has 1 saturated heterocycles. The molecule has 0 spiro atoms. The lowest BCUT2D eigenvalue weighted by molar-refractivity contribution is -0.192. The number of anilines is 2. The zero-order chi connectivity index (χ0) is 38.1. The van der Waals surface area contributed by atoms with Gasteiger partial charge in [-0.15, -0.1) is 0 Å². The summed E-state index contributed by atoms with van der Waals surface area (Å²) in [4.78, 5) is 27.3. The van der Waals surface area contributed by atoms with E-state index in [2.05, 4.69) is 15.6 Å². The van der Waals surface area contributed by atoms with E-state index < -0.39 is 28.2 Å². The van der Waals surface area contributed by atoms with Gasteiger partial charge >= 0.3 is 12.1 Å². The van der Waals surface area contributed by atoms with Gasteiger partial charge in [0.05, 0.1) is 17.6 Å². The van der Waals surface area contributed by atoms with E-state index in [1.165, 1.54) is 0 Å². The van der Waals surface area contributed by atoms with Gasteiger partial charge < -0.3 is 30.9 Å². The van der Waals surface area contributed by atoms with Crippen molar-refractivity contribution < 1.29 is 45.8 Å². The molecule has 1 fully saturated rings. The summed E-state index contributed by atoms with van der Waals surface area (Å²) in [5.41, 5.74) is 7.93. The van der Waals surface area contributed by atoms with Crippen molar-refractivity contribution in [3.05, 3.63) is 84.1 Å². The second kappa shape index (κ2) is 17.4. The largest absolute Gasteiger partial charge is 0.490 e. The molecule has 0 bridgehead atoms. The number of hydrogen-bond acceptors (Lipinski definition) is 9. The number of aromatic nitrogens is 1. The number of alkyl halides is 3. The normalized spacial score (nSPS) is 14.2. The van der Waals surface area contributed by atoms with Crippen molar-refractivity contribution in [2.45, 2.75) is 69.8 Å². The third-order valence-corrected chi connectivity index (χ3v) is 9.93. The summed E-state index contributed by atoms with van der Waals surface area (Å²) in [7, 11) is -3.69. The van der Waals surface area contributed by atoms with E-state index in [4.69, 9.17) is 25.1 Å². The molecule has 1 aliphatic heterocycles. The number of ether oxygens (including phenoxy) is 2. The number of rotatable bonds is 12. The van der Waals surface area contributed by atoms with Crippen LogP contribution in [0.4, 0.5) is 24.7 Å². The predicted octanol–water partition coefficient (Wildman–Crippen LogP) is 6.28. The lowest BCUT2D eigenvalue weighted by atomic mass is 10.0. The van der Waals surface area contributed by atoms with Crippen molar-refractivity contribution in [2.24, 2.45) is 0 Å². The van der Waals surface area contributed by atoms with E-state index in [0.29, 0.717) is 53.8 Å². The Labute approximate surface area is 300 Å². The van der Waals surface area contributed by atoms with Gasteiger partial charge in [0.1, 0.15) is 11.9 Å². The fraction of sp³-hybridized carbons (Fsp3) is 0.361. The van der Waals surface area contributed by atoms with Crippen molar-refractivity contribution in [3.8, 4) is 11.5 Å². The Kier molecular flexibility index (Phi) is 13.3. The van der Waals surface area contributed by atoms with Gasteiger partial charge in [-0.25, -0.2) is 18.2 Å². The molecule has 3 aromatic carbocycles. The summed E-state index contributed by atoms with van der Waals surface area (Å²) in [6.45, 7) is 7.22. The van der Waals surface area contributed by atoms with Crippen LogP contribution in [0.15, 0.2) is 77.8 Å². The highest BCUT2D eigenvalue weighted by Gasteiger charge is 2.38. The molecule has 16 heteroatoms. The van der Waals surface area contributed by atoms with Crippen LogP contribution >= 0.6 is 0 Å². The number of piperidine rings is 1. The summed E-state index contributed by atoms with van der Waals surface area (Å²) < 4.78 is 72.2. The molecular formula is C36H42F3N5O7S. The van der Waals surface area contributed by atoms with Crippen molar-refractivity contribution in [2.75, 3.05) is 30.7 Å². The number of nitrogens with zero attached hydrogens (tertiary/aromatic N) is 2. The summed E-state index contributed by atoms with van der Waals surface area (Å²) in [6.07, 6.45) is -0.798. The van der Waals surface area contributed by atoms with Gasteiger partial charge in [-0.05, 0) is 92.6 Å². The van der Waals surface area contributed by atoms with Crippen LogP contribution in [0.1, 0.15) is 57.2 Å². The Morgan fingerprint density at radius 2 is 1.69 bits per heavy atom. The van der Waals surface area contributed by atoms with Crippen LogP contribution in [0.3, 0.4) is 0 Å².